The standard InChI is InChI=1S/C21H35N5O2.HI/c1-5-23-20(25-16-21(2,3)26-11-13-28-14-12-26)24-10-9-17-7-6-8-18(15-17)19(27)22-4;/h6-8,15H,5,9-14,16H2,1-4H3,(H,22,27)(H2,23,24,25);1H. The molecule has 0 spiro atoms. The molecule has 0 radical (unpaired) electrons. The molecule has 1 aliphatic heterocycles. The van der Waals surface area contributed by atoms with Gasteiger partial charge in [0.25, 0.3) is 5.91 Å². The number of aliphatic imine (C=N–C) groups is 1. The normalized spacial score (nSPS) is 15.4. The molecule has 1 aromatic rings. The highest BCUT2D eigenvalue weighted by Crippen LogP contribution is 2.16. The summed E-state index contributed by atoms with van der Waals surface area (Å²) in [5.41, 5.74) is 1.81. The number of ether oxygens (including phenoxy) is 1. The van der Waals surface area contributed by atoms with Gasteiger partial charge in [0.2, 0.25) is 0 Å². The van der Waals surface area contributed by atoms with Gasteiger partial charge < -0.3 is 20.7 Å². The van der Waals surface area contributed by atoms with Crippen LogP contribution in [0, 0.1) is 0 Å². The third-order valence-corrected chi connectivity index (χ3v) is 4.96. The van der Waals surface area contributed by atoms with Crippen LogP contribution in [-0.2, 0) is 11.2 Å². The summed E-state index contributed by atoms with van der Waals surface area (Å²) in [4.78, 5) is 19.0. The Morgan fingerprint density at radius 3 is 2.62 bits per heavy atom. The van der Waals surface area contributed by atoms with Gasteiger partial charge in [-0.2, -0.15) is 0 Å². The van der Waals surface area contributed by atoms with Crippen molar-refractivity contribution in [2.45, 2.75) is 32.7 Å². The van der Waals surface area contributed by atoms with E-state index in [0.717, 1.165) is 57.3 Å². The predicted molar refractivity (Wildman–Crippen MR) is 129 cm³/mol. The van der Waals surface area contributed by atoms with Gasteiger partial charge >= 0.3 is 0 Å². The topological polar surface area (TPSA) is 78.0 Å². The molecule has 7 nitrogen and oxygen atoms in total. The first-order chi connectivity index (χ1) is 13.5. The molecule has 29 heavy (non-hydrogen) atoms. The Morgan fingerprint density at radius 1 is 1.24 bits per heavy atom. The Hall–Kier alpha value is -1.39. The largest absolute Gasteiger partial charge is 0.379 e. The fraction of sp³-hybridized carbons (Fsp3) is 0.619. The lowest BCUT2D eigenvalue weighted by Gasteiger charge is -2.39. The number of carbonyl (C=O) groups is 1. The van der Waals surface area contributed by atoms with E-state index in [1.807, 2.05) is 24.3 Å². The number of carbonyl (C=O) groups excluding carboxylic acids is 1. The number of nitrogens with zero attached hydrogens (tertiary/aromatic N) is 2. The van der Waals surface area contributed by atoms with Crippen molar-refractivity contribution in [1.29, 1.82) is 0 Å². The highest BCUT2D eigenvalue weighted by molar-refractivity contribution is 14.0. The maximum absolute atomic E-state index is 11.8. The van der Waals surface area contributed by atoms with Gasteiger partial charge in [-0.3, -0.25) is 14.7 Å². The fourth-order valence-electron chi connectivity index (χ4n) is 3.22. The SMILES string of the molecule is CCNC(=NCC(C)(C)N1CCOCC1)NCCc1cccc(C(=O)NC)c1.I. The van der Waals surface area contributed by atoms with E-state index in [-0.39, 0.29) is 35.4 Å². The van der Waals surface area contributed by atoms with Crippen molar-refractivity contribution >= 4 is 35.8 Å². The number of rotatable bonds is 8. The number of benzene rings is 1. The van der Waals surface area contributed by atoms with E-state index in [1.54, 1.807) is 7.05 Å². The first kappa shape index (κ1) is 25.6. The monoisotopic (exact) mass is 517 g/mol. The molecule has 1 fully saturated rings. The van der Waals surface area contributed by atoms with Crippen molar-refractivity contribution in [2.24, 2.45) is 4.99 Å². The Morgan fingerprint density at radius 2 is 1.97 bits per heavy atom. The Balaban J connectivity index is 0.00000420. The van der Waals surface area contributed by atoms with Crippen molar-refractivity contribution in [2.75, 3.05) is 53.0 Å². The molecule has 1 saturated heterocycles. The van der Waals surface area contributed by atoms with Crippen LogP contribution in [0.2, 0.25) is 0 Å². The quantitative estimate of drug-likeness (QED) is 0.279. The van der Waals surface area contributed by atoms with E-state index in [2.05, 4.69) is 41.6 Å². The van der Waals surface area contributed by atoms with Crippen LogP contribution in [0.1, 0.15) is 36.7 Å². The van der Waals surface area contributed by atoms with Gasteiger partial charge in [0.05, 0.1) is 19.8 Å². The molecule has 2 rings (SSSR count). The van der Waals surface area contributed by atoms with Gasteiger partial charge in [0.1, 0.15) is 0 Å². The van der Waals surface area contributed by atoms with E-state index in [1.165, 1.54) is 0 Å². The summed E-state index contributed by atoms with van der Waals surface area (Å²) in [7, 11) is 1.65. The summed E-state index contributed by atoms with van der Waals surface area (Å²) in [6.45, 7) is 12.3. The zero-order valence-corrected chi connectivity index (χ0v) is 20.4. The molecular weight excluding hydrogens is 481 g/mol. The van der Waals surface area contributed by atoms with Gasteiger partial charge in [-0.25, -0.2) is 0 Å². The molecule has 0 atom stereocenters. The minimum absolute atomic E-state index is 0. The third-order valence-electron chi connectivity index (χ3n) is 4.96. The second kappa shape index (κ2) is 13.0. The van der Waals surface area contributed by atoms with E-state index in [0.29, 0.717) is 12.1 Å². The van der Waals surface area contributed by atoms with Crippen molar-refractivity contribution in [3.63, 3.8) is 0 Å². The van der Waals surface area contributed by atoms with Crippen LogP contribution in [0.25, 0.3) is 0 Å². The summed E-state index contributed by atoms with van der Waals surface area (Å²) in [6.07, 6.45) is 0.822. The lowest BCUT2D eigenvalue weighted by Crippen LogP contribution is -2.52. The van der Waals surface area contributed by atoms with Gasteiger partial charge in [-0.15, -0.1) is 24.0 Å². The average molecular weight is 517 g/mol. The molecule has 0 aromatic heterocycles. The average Bonchev–Trinajstić information content (AvgIpc) is 2.72. The van der Waals surface area contributed by atoms with Crippen molar-refractivity contribution in [1.82, 2.24) is 20.9 Å². The molecular formula is C21H36IN5O2. The maximum atomic E-state index is 11.8. The highest BCUT2D eigenvalue weighted by Gasteiger charge is 2.28. The number of morpholine rings is 1. The Labute approximate surface area is 192 Å². The molecule has 3 N–H and O–H groups in total. The number of amides is 1. The molecule has 164 valence electrons. The summed E-state index contributed by atoms with van der Waals surface area (Å²) in [5, 5.41) is 9.38. The second-order valence-electron chi connectivity index (χ2n) is 7.56. The van der Waals surface area contributed by atoms with Crippen LogP contribution < -0.4 is 16.0 Å². The van der Waals surface area contributed by atoms with Crippen LogP contribution in [0.4, 0.5) is 0 Å². The van der Waals surface area contributed by atoms with E-state index >= 15 is 0 Å². The van der Waals surface area contributed by atoms with Gasteiger partial charge in [0, 0.05) is 44.3 Å². The Kier molecular flexibility index (Phi) is 11.5. The van der Waals surface area contributed by atoms with E-state index in [4.69, 9.17) is 9.73 Å². The van der Waals surface area contributed by atoms with Crippen molar-refractivity contribution < 1.29 is 9.53 Å². The lowest BCUT2D eigenvalue weighted by atomic mass is 10.0. The molecule has 1 heterocycles. The molecule has 1 aliphatic rings. The smallest absolute Gasteiger partial charge is 0.251 e. The van der Waals surface area contributed by atoms with Gasteiger partial charge in [-0.1, -0.05) is 12.1 Å². The molecule has 8 heteroatoms. The summed E-state index contributed by atoms with van der Waals surface area (Å²) >= 11 is 0. The maximum Gasteiger partial charge on any atom is 0.251 e. The zero-order valence-electron chi connectivity index (χ0n) is 18.1. The molecule has 0 unspecified atom stereocenters. The minimum atomic E-state index is -0.0601. The van der Waals surface area contributed by atoms with Crippen LogP contribution in [0.5, 0.6) is 0 Å². The number of guanidine groups is 1. The number of hydrogen-bond donors (Lipinski definition) is 3. The fourth-order valence-corrected chi connectivity index (χ4v) is 3.22. The summed E-state index contributed by atoms with van der Waals surface area (Å²) < 4.78 is 5.46. The summed E-state index contributed by atoms with van der Waals surface area (Å²) in [5.74, 6) is 0.765. The predicted octanol–water partition coefficient (Wildman–Crippen LogP) is 1.87. The molecule has 0 aliphatic carbocycles. The molecule has 1 aromatic carbocycles. The van der Waals surface area contributed by atoms with Gasteiger partial charge in [-0.05, 0) is 44.9 Å². The summed E-state index contributed by atoms with van der Waals surface area (Å²) in [6, 6.07) is 7.73. The first-order valence-electron chi connectivity index (χ1n) is 10.1. The molecule has 0 bridgehead atoms. The van der Waals surface area contributed by atoms with Crippen molar-refractivity contribution in [3.05, 3.63) is 35.4 Å². The minimum Gasteiger partial charge on any atom is -0.379 e. The van der Waals surface area contributed by atoms with Crippen LogP contribution in [0.15, 0.2) is 29.3 Å². The van der Waals surface area contributed by atoms with E-state index < -0.39 is 0 Å². The second-order valence-corrected chi connectivity index (χ2v) is 7.56. The highest BCUT2D eigenvalue weighted by atomic mass is 127. The van der Waals surface area contributed by atoms with Crippen LogP contribution >= 0.6 is 24.0 Å². The first-order valence-corrected chi connectivity index (χ1v) is 10.1. The number of halogens is 1. The van der Waals surface area contributed by atoms with E-state index in [9.17, 15) is 4.79 Å². The number of nitrogens with one attached hydrogen (secondary N) is 3. The van der Waals surface area contributed by atoms with Gasteiger partial charge in [0.15, 0.2) is 5.96 Å². The molecule has 0 saturated carbocycles. The third kappa shape index (κ3) is 8.47. The van der Waals surface area contributed by atoms with Crippen LogP contribution in [-0.4, -0.2) is 75.3 Å². The Bertz CT molecular complexity index is 660. The lowest BCUT2D eigenvalue weighted by molar-refractivity contribution is -0.00683. The number of hydrogen-bond acceptors (Lipinski definition) is 4. The zero-order chi connectivity index (χ0) is 20.4. The molecule has 1 amide bonds. The van der Waals surface area contributed by atoms with Crippen LogP contribution in [0.3, 0.4) is 0 Å². The van der Waals surface area contributed by atoms with Crippen molar-refractivity contribution in [3.8, 4) is 0 Å².